The van der Waals surface area contributed by atoms with Crippen LogP contribution in [0.15, 0.2) is 20.8 Å². The van der Waals surface area contributed by atoms with Gasteiger partial charge in [-0.25, -0.2) is 4.79 Å². The summed E-state index contributed by atoms with van der Waals surface area (Å²) in [5, 5.41) is 3.31. The van der Waals surface area contributed by atoms with E-state index in [0.717, 1.165) is 51.0 Å². The lowest BCUT2D eigenvalue weighted by molar-refractivity contribution is 0.563. The Hall–Kier alpha value is -1.85. The average molecular weight is 278 g/mol. The van der Waals surface area contributed by atoms with Gasteiger partial charge in [-0.05, 0) is 26.2 Å². The third-order valence-corrected chi connectivity index (χ3v) is 3.47. The number of rotatable bonds is 6. The molecule has 2 N–H and O–H groups in total. The Morgan fingerprint density at radius 1 is 1.30 bits per heavy atom. The van der Waals surface area contributed by atoms with Crippen LogP contribution in [-0.4, -0.2) is 28.5 Å². The third kappa shape index (κ3) is 4.08. The van der Waals surface area contributed by atoms with E-state index >= 15 is 0 Å². The SMILES string of the molecule is Cc1cn(CCCCCC2=NCCCN2)c(=O)[nH]c1=O. The summed E-state index contributed by atoms with van der Waals surface area (Å²) in [6.07, 6.45) is 6.79. The largest absolute Gasteiger partial charge is 0.374 e. The summed E-state index contributed by atoms with van der Waals surface area (Å²) in [4.78, 5) is 29.6. The molecule has 0 radical (unpaired) electrons. The topological polar surface area (TPSA) is 79.2 Å². The molecule has 6 heteroatoms. The van der Waals surface area contributed by atoms with Gasteiger partial charge in [0.2, 0.25) is 0 Å². The van der Waals surface area contributed by atoms with Gasteiger partial charge in [-0.3, -0.25) is 14.8 Å². The van der Waals surface area contributed by atoms with Gasteiger partial charge in [-0.1, -0.05) is 6.42 Å². The highest BCUT2D eigenvalue weighted by Crippen LogP contribution is 2.04. The molecule has 0 spiro atoms. The number of hydrogen-bond acceptors (Lipinski definition) is 4. The van der Waals surface area contributed by atoms with Gasteiger partial charge in [0.05, 0.1) is 5.84 Å². The number of H-pyrrole nitrogens is 1. The lowest BCUT2D eigenvalue weighted by atomic mass is 10.1. The molecule has 0 unspecified atom stereocenters. The summed E-state index contributed by atoms with van der Waals surface area (Å²) < 4.78 is 1.58. The van der Waals surface area contributed by atoms with Crippen LogP contribution < -0.4 is 16.6 Å². The molecule has 1 aromatic rings. The van der Waals surface area contributed by atoms with Crippen molar-refractivity contribution in [3.63, 3.8) is 0 Å². The Labute approximate surface area is 117 Å². The molecule has 0 aliphatic carbocycles. The maximum atomic E-state index is 11.6. The quantitative estimate of drug-likeness (QED) is 0.755. The van der Waals surface area contributed by atoms with Crippen molar-refractivity contribution in [2.75, 3.05) is 13.1 Å². The molecule has 0 saturated carbocycles. The van der Waals surface area contributed by atoms with Crippen molar-refractivity contribution in [1.29, 1.82) is 0 Å². The number of aromatic amines is 1. The number of aliphatic imine (C=N–C) groups is 1. The monoisotopic (exact) mass is 278 g/mol. The van der Waals surface area contributed by atoms with Crippen molar-refractivity contribution in [2.45, 2.75) is 45.6 Å². The van der Waals surface area contributed by atoms with Gasteiger partial charge in [0.25, 0.3) is 5.56 Å². The number of aromatic nitrogens is 2. The van der Waals surface area contributed by atoms with Gasteiger partial charge in [0, 0.05) is 37.8 Å². The van der Waals surface area contributed by atoms with Crippen molar-refractivity contribution in [3.05, 3.63) is 32.6 Å². The van der Waals surface area contributed by atoms with E-state index in [1.165, 1.54) is 0 Å². The first-order valence-electron chi connectivity index (χ1n) is 7.24. The van der Waals surface area contributed by atoms with Crippen molar-refractivity contribution in [2.24, 2.45) is 4.99 Å². The first-order valence-corrected chi connectivity index (χ1v) is 7.24. The molecular weight excluding hydrogens is 256 g/mol. The predicted molar refractivity (Wildman–Crippen MR) is 79.4 cm³/mol. The highest BCUT2D eigenvalue weighted by Gasteiger charge is 2.04. The molecule has 2 heterocycles. The van der Waals surface area contributed by atoms with E-state index < -0.39 is 0 Å². The Balaban J connectivity index is 1.73. The van der Waals surface area contributed by atoms with E-state index in [9.17, 15) is 9.59 Å². The molecule has 20 heavy (non-hydrogen) atoms. The molecule has 1 aliphatic rings. The van der Waals surface area contributed by atoms with Crippen molar-refractivity contribution >= 4 is 5.84 Å². The van der Waals surface area contributed by atoms with Crippen LogP contribution in [-0.2, 0) is 6.54 Å². The Morgan fingerprint density at radius 2 is 2.15 bits per heavy atom. The number of hydrogen-bond donors (Lipinski definition) is 2. The highest BCUT2D eigenvalue weighted by molar-refractivity contribution is 5.82. The molecule has 110 valence electrons. The first-order chi connectivity index (χ1) is 9.66. The Kier molecular flexibility index (Phi) is 5.15. The number of aryl methyl sites for hydroxylation is 2. The summed E-state index contributed by atoms with van der Waals surface area (Å²) in [5.41, 5.74) is -0.0445. The molecule has 6 nitrogen and oxygen atoms in total. The van der Waals surface area contributed by atoms with Crippen LogP contribution >= 0.6 is 0 Å². The Morgan fingerprint density at radius 3 is 2.90 bits per heavy atom. The zero-order valence-electron chi connectivity index (χ0n) is 11.9. The van der Waals surface area contributed by atoms with E-state index in [4.69, 9.17) is 0 Å². The molecule has 1 aliphatic heterocycles. The fraction of sp³-hybridized carbons (Fsp3) is 0.643. The minimum Gasteiger partial charge on any atom is -0.374 e. The summed E-state index contributed by atoms with van der Waals surface area (Å²) >= 11 is 0. The first kappa shape index (κ1) is 14.6. The van der Waals surface area contributed by atoms with Crippen molar-refractivity contribution < 1.29 is 0 Å². The maximum Gasteiger partial charge on any atom is 0.328 e. The zero-order chi connectivity index (χ0) is 14.4. The summed E-state index contributed by atoms with van der Waals surface area (Å²) in [6.45, 7) is 4.33. The second kappa shape index (κ2) is 7.07. The minimum atomic E-state index is -0.320. The lowest BCUT2D eigenvalue weighted by Crippen LogP contribution is -2.31. The summed E-state index contributed by atoms with van der Waals surface area (Å²) in [5.74, 6) is 1.12. The molecule has 0 bridgehead atoms. The molecule has 0 amide bonds. The smallest absolute Gasteiger partial charge is 0.328 e. The molecule has 0 aromatic carbocycles. The Bertz CT molecular complexity index is 586. The van der Waals surface area contributed by atoms with Crippen LogP contribution in [0.3, 0.4) is 0 Å². The third-order valence-electron chi connectivity index (χ3n) is 3.47. The van der Waals surface area contributed by atoms with Crippen molar-refractivity contribution in [3.8, 4) is 0 Å². The van der Waals surface area contributed by atoms with Crippen LogP contribution in [0.25, 0.3) is 0 Å². The van der Waals surface area contributed by atoms with Gasteiger partial charge in [-0.15, -0.1) is 0 Å². The summed E-state index contributed by atoms with van der Waals surface area (Å²) in [6, 6.07) is 0. The zero-order valence-corrected chi connectivity index (χ0v) is 11.9. The van der Waals surface area contributed by atoms with E-state index in [2.05, 4.69) is 15.3 Å². The molecule has 0 fully saturated rings. The molecule has 1 aromatic heterocycles. The van der Waals surface area contributed by atoms with E-state index in [-0.39, 0.29) is 11.2 Å². The van der Waals surface area contributed by atoms with Crippen LogP contribution in [0.5, 0.6) is 0 Å². The van der Waals surface area contributed by atoms with Crippen molar-refractivity contribution in [1.82, 2.24) is 14.9 Å². The van der Waals surface area contributed by atoms with E-state index in [1.807, 2.05) is 0 Å². The number of nitrogens with one attached hydrogen (secondary N) is 2. The van der Waals surface area contributed by atoms with Gasteiger partial charge in [0.1, 0.15) is 0 Å². The lowest BCUT2D eigenvalue weighted by Gasteiger charge is -2.14. The minimum absolute atomic E-state index is 0.298. The predicted octanol–water partition coefficient (Wildman–Crippen LogP) is 0.797. The average Bonchev–Trinajstić information content (AvgIpc) is 2.45. The van der Waals surface area contributed by atoms with Crippen LogP contribution in [0.1, 0.15) is 37.7 Å². The van der Waals surface area contributed by atoms with E-state index in [1.54, 1.807) is 17.7 Å². The van der Waals surface area contributed by atoms with Gasteiger partial charge < -0.3 is 9.88 Å². The van der Waals surface area contributed by atoms with Crippen LogP contribution in [0.2, 0.25) is 0 Å². The summed E-state index contributed by atoms with van der Waals surface area (Å²) in [7, 11) is 0. The van der Waals surface area contributed by atoms with E-state index in [0.29, 0.717) is 12.1 Å². The molecule has 0 atom stereocenters. The van der Waals surface area contributed by atoms with Gasteiger partial charge in [-0.2, -0.15) is 0 Å². The molecular formula is C14H22N4O2. The fourth-order valence-electron chi connectivity index (χ4n) is 2.29. The molecule has 2 rings (SSSR count). The fourth-order valence-corrected chi connectivity index (χ4v) is 2.29. The second-order valence-corrected chi connectivity index (χ2v) is 5.18. The van der Waals surface area contributed by atoms with Gasteiger partial charge >= 0.3 is 5.69 Å². The highest BCUT2D eigenvalue weighted by atomic mass is 16.2. The standard InChI is InChI=1S/C14H22N4O2/c1-11-10-18(14(20)17-13(11)19)9-4-2-3-6-12-15-7-5-8-16-12/h10H,2-9H2,1H3,(H,15,16)(H,17,19,20). The maximum absolute atomic E-state index is 11.6. The number of nitrogens with zero attached hydrogens (tertiary/aromatic N) is 2. The number of unbranched alkanes of at least 4 members (excludes halogenated alkanes) is 2. The second-order valence-electron chi connectivity index (χ2n) is 5.18. The molecule has 0 saturated heterocycles. The number of amidine groups is 1. The van der Waals surface area contributed by atoms with Crippen LogP contribution in [0, 0.1) is 6.92 Å². The normalized spacial score (nSPS) is 14.8. The van der Waals surface area contributed by atoms with Crippen LogP contribution in [0.4, 0.5) is 0 Å². The van der Waals surface area contributed by atoms with Gasteiger partial charge in [0.15, 0.2) is 0 Å².